The number of nitrogens with one attached hydrogen (secondary N) is 1. The van der Waals surface area contributed by atoms with Crippen molar-refractivity contribution in [2.75, 3.05) is 6.54 Å². The monoisotopic (exact) mass is 235 g/mol. The molecular formula is C11H17N5O. The van der Waals surface area contributed by atoms with Crippen molar-refractivity contribution in [1.82, 2.24) is 20.3 Å². The molecule has 6 nitrogen and oxygen atoms in total. The van der Waals surface area contributed by atoms with Crippen molar-refractivity contribution >= 4 is 5.91 Å². The highest BCUT2D eigenvalue weighted by Gasteiger charge is 2.15. The van der Waals surface area contributed by atoms with Crippen molar-refractivity contribution in [2.45, 2.75) is 32.7 Å². The average molecular weight is 235 g/mol. The highest BCUT2D eigenvalue weighted by atomic mass is 16.1. The van der Waals surface area contributed by atoms with Gasteiger partial charge in [0.05, 0.1) is 12.3 Å². The average Bonchev–Trinajstić information content (AvgIpc) is 2.84. The fourth-order valence-electron chi connectivity index (χ4n) is 1.47. The second-order valence-electron chi connectivity index (χ2n) is 3.78. The van der Waals surface area contributed by atoms with Crippen LogP contribution in [-0.2, 0) is 11.3 Å². The zero-order chi connectivity index (χ0) is 12.5. The molecule has 0 saturated heterocycles. The molecule has 1 heterocycles. The van der Waals surface area contributed by atoms with E-state index in [0.29, 0.717) is 19.5 Å². The Hall–Kier alpha value is -1.90. The highest BCUT2D eigenvalue weighted by Crippen LogP contribution is 2.04. The summed E-state index contributed by atoms with van der Waals surface area (Å²) in [4.78, 5) is 11.6. The summed E-state index contributed by atoms with van der Waals surface area (Å²) < 4.78 is 1.71. The molecule has 1 aromatic rings. The van der Waals surface area contributed by atoms with E-state index in [1.165, 1.54) is 0 Å². The lowest BCUT2D eigenvalue weighted by Crippen LogP contribution is -2.31. The van der Waals surface area contributed by atoms with Crippen molar-refractivity contribution in [2.24, 2.45) is 5.92 Å². The van der Waals surface area contributed by atoms with Gasteiger partial charge in [0.15, 0.2) is 0 Å². The third-order valence-electron chi connectivity index (χ3n) is 2.38. The van der Waals surface area contributed by atoms with Gasteiger partial charge in [0.1, 0.15) is 5.92 Å². The first-order valence-electron chi connectivity index (χ1n) is 5.79. The fourth-order valence-corrected chi connectivity index (χ4v) is 1.47. The first-order valence-corrected chi connectivity index (χ1v) is 5.79. The first kappa shape index (κ1) is 13.2. The van der Waals surface area contributed by atoms with Gasteiger partial charge in [-0.1, -0.05) is 18.6 Å². The Kier molecular flexibility index (Phi) is 5.72. The van der Waals surface area contributed by atoms with Gasteiger partial charge in [-0.2, -0.15) is 5.26 Å². The van der Waals surface area contributed by atoms with Crippen LogP contribution < -0.4 is 5.32 Å². The zero-order valence-electron chi connectivity index (χ0n) is 9.96. The summed E-state index contributed by atoms with van der Waals surface area (Å²) in [7, 11) is 0. The highest BCUT2D eigenvalue weighted by molar-refractivity contribution is 5.80. The number of aryl methyl sites for hydroxylation is 1. The van der Waals surface area contributed by atoms with E-state index >= 15 is 0 Å². The quantitative estimate of drug-likeness (QED) is 0.706. The molecule has 0 bridgehead atoms. The summed E-state index contributed by atoms with van der Waals surface area (Å²) in [5.41, 5.74) is 0. The number of nitriles is 1. The van der Waals surface area contributed by atoms with Crippen LogP contribution in [0.4, 0.5) is 0 Å². The number of rotatable bonds is 7. The number of carbonyl (C=O) groups is 1. The second-order valence-corrected chi connectivity index (χ2v) is 3.78. The standard InChI is InChI=1S/C11H17N5O/c1-2-4-10(9-12)11(17)13-5-3-7-16-8-6-14-15-16/h6,8,10H,2-5,7H2,1H3,(H,13,17). The number of nitrogens with zero attached hydrogens (tertiary/aromatic N) is 4. The van der Waals surface area contributed by atoms with E-state index < -0.39 is 5.92 Å². The van der Waals surface area contributed by atoms with Crippen LogP contribution >= 0.6 is 0 Å². The molecule has 1 unspecified atom stereocenters. The van der Waals surface area contributed by atoms with Crippen LogP contribution in [0.2, 0.25) is 0 Å². The zero-order valence-corrected chi connectivity index (χ0v) is 9.96. The van der Waals surface area contributed by atoms with Crippen LogP contribution in [0, 0.1) is 17.2 Å². The van der Waals surface area contributed by atoms with E-state index in [1.54, 1.807) is 17.1 Å². The molecular weight excluding hydrogens is 218 g/mol. The molecule has 0 fully saturated rings. The SMILES string of the molecule is CCCC(C#N)C(=O)NCCCn1ccnn1. The van der Waals surface area contributed by atoms with E-state index in [0.717, 1.165) is 12.8 Å². The third-order valence-corrected chi connectivity index (χ3v) is 2.38. The maximum Gasteiger partial charge on any atom is 0.237 e. The number of amides is 1. The summed E-state index contributed by atoms with van der Waals surface area (Å²) >= 11 is 0. The third kappa shape index (κ3) is 4.64. The van der Waals surface area contributed by atoms with E-state index in [-0.39, 0.29) is 5.91 Å². The molecule has 1 amide bonds. The summed E-state index contributed by atoms with van der Waals surface area (Å²) in [6.45, 7) is 3.23. The minimum absolute atomic E-state index is 0.173. The van der Waals surface area contributed by atoms with E-state index in [9.17, 15) is 4.79 Å². The Morgan fingerprint density at radius 3 is 3.06 bits per heavy atom. The minimum Gasteiger partial charge on any atom is -0.355 e. The lowest BCUT2D eigenvalue weighted by Gasteiger charge is -2.08. The molecule has 0 spiro atoms. The number of aromatic nitrogens is 3. The number of carbonyl (C=O) groups excluding carboxylic acids is 1. The van der Waals surface area contributed by atoms with Crippen LogP contribution in [0.3, 0.4) is 0 Å². The molecule has 17 heavy (non-hydrogen) atoms. The van der Waals surface area contributed by atoms with Crippen LogP contribution in [-0.4, -0.2) is 27.4 Å². The van der Waals surface area contributed by atoms with Gasteiger partial charge < -0.3 is 5.32 Å². The number of hydrogen-bond acceptors (Lipinski definition) is 4. The summed E-state index contributed by atoms with van der Waals surface area (Å²) in [6, 6.07) is 2.02. The van der Waals surface area contributed by atoms with Gasteiger partial charge in [-0.05, 0) is 12.8 Å². The topological polar surface area (TPSA) is 83.6 Å². The van der Waals surface area contributed by atoms with Gasteiger partial charge in [0.2, 0.25) is 5.91 Å². The van der Waals surface area contributed by atoms with Gasteiger partial charge >= 0.3 is 0 Å². The maximum absolute atomic E-state index is 11.6. The molecule has 0 aromatic carbocycles. The molecule has 0 aliphatic rings. The van der Waals surface area contributed by atoms with Crippen LogP contribution in [0.5, 0.6) is 0 Å². The maximum atomic E-state index is 11.6. The molecule has 1 rings (SSSR count). The van der Waals surface area contributed by atoms with E-state index in [2.05, 4.69) is 15.6 Å². The largest absolute Gasteiger partial charge is 0.355 e. The van der Waals surface area contributed by atoms with Gasteiger partial charge in [0.25, 0.3) is 0 Å². The van der Waals surface area contributed by atoms with Crippen molar-refractivity contribution in [3.63, 3.8) is 0 Å². The molecule has 92 valence electrons. The van der Waals surface area contributed by atoms with Crippen LogP contribution in [0.1, 0.15) is 26.2 Å². The predicted molar refractivity (Wildman–Crippen MR) is 61.7 cm³/mol. The van der Waals surface area contributed by atoms with Crippen molar-refractivity contribution in [1.29, 1.82) is 5.26 Å². The van der Waals surface area contributed by atoms with Gasteiger partial charge in [0, 0.05) is 19.3 Å². The Balaban J connectivity index is 2.17. The molecule has 6 heteroatoms. The second kappa shape index (κ2) is 7.39. The van der Waals surface area contributed by atoms with Crippen molar-refractivity contribution < 1.29 is 4.79 Å². The van der Waals surface area contributed by atoms with Crippen molar-refractivity contribution in [3.05, 3.63) is 12.4 Å². The molecule has 1 N–H and O–H groups in total. The normalized spacial score (nSPS) is 11.8. The molecule has 0 saturated carbocycles. The minimum atomic E-state index is -0.522. The van der Waals surface area contributed by atoms with Gasteiger partial charge in [-0.15, -0.1) is 5.10 Å². The van der Waals surface area contributed by atoms with E-state index in [4.69, 9.17) is 5.26 Å². The predicted octanol–water partition coefficient (Wildman–Crippen LogP) is 0.724. The van der Waals surface area contributed by atoms with Gasteiger partial charge in [-0.25, -0.2) is 0 Å². The summed E-state index contributed by atoms with van der Waals surface area (Å²) in [6.07, 6.45) is 5.62. The molecule has 1 aromatic heterocycles. The summed E-state index contributed by atoms with van der Waals surface area (Å²) in [5, 5.41) is 19.1. The molecule has 1 atom stereocenters. The smallest absolute Gasteiger partial charge is 0.237 e. The summed E-state index contributed by atoms with van der Waals surface area (Å²) in [5.74, 6) is -0.695. The molecule has 0 aliphatic heterocycles. The van der Waals surface area contributed by atoms with Gasteiger partial charge in [-0.3, -0.25) is 9.48 Å². The Morgan fingerprint density at radius 2 is 2.47 bits per heavy atom. The molecule has 0 aliphatic carbocycles. The Morgan fingerprint density at radius 1 is 1.65 bits per heavy atom. The molecule has 0 radical (unpaired) electrons. The van der Waals surface area contributed by atoms with Crippen LogP contribution in [0.25, 0.3) is 0 Å². The lowest BCUT2D eigenvalue weighted by molar-refractivity contribution is -0.123. The fraction of sp³-hybridized carbons (Fsp3) is 0.636. The number of hydrogen-bond donors (Lipinski definition) is 1. The Bertz CT molecular complexity index is 368. The Labute approximate surface area is 101 Å². The first-order chi connectivity index (χ1) is 8.27. The van der Waals surface area contributed by atoms with E-state index in [1.807, 2.05) is 13.0 Å². The van der Waals surface area contributed by atoms with Crippen LogP contribution in [0.15, 0.2) is 12.4 Å². The van der Waals surface area contributed by atoms with Crippen molar-refractivity contribution in [3.8, 4) is 6.07 Å². The lowest BCUT2D eigenvalue weighted by atomic mass is 10.1.